The number of halogens is 1. The van der Waals surface area contributed by atoms with E-state index >= 15 is 0 Å². The zero-order valence-electron chi connectivity index (χ0n) is 17.3. The van der Waals surface area contributed by atoms with Gasteiger partial charge in [0.05, 0.1) is 23.9 Å². The molecule has 3 aromatic rings. The van der Waals surface area contributed by atoms with Crippen LogP contribution in [0.5, 0.6) is 0 Å². The number of aromatic nitrogens is 1. The Morgan fingerprint density at radius 2 is 1.83 bits per heavy atom. The van der Waals surface area contributed by atoms with Crippen molar-refractivity contribution < 1.29 is 13.9 Å². The summed E-state index contributed by atoms with van der Waals surface area (Å²) in [5.41, 5.74) is 5.31. The SMILES string of the molecule is CC1(C)O[CH]C[C@@H](/C=C/c2c(C3CC3)nc3ccccc3c2-c2ccc(F)cc2)O1. The summed E-state index contributed by atoms with van der Waals surface area (Å²) in [6, 6.07) is 14.9. The highest BCUT2D eigenvalue weighted by molar-refractivity contribution is 5.99. The van der Waals surface area contributed by atoms with E-state index in [1.807, 2.05) is 44.7 Å². The quantitative estimate of drug-likeness (QED) is 0.490. The third-order valence-corrected chi connectivity index (χ3v) is 5.66. The maximum absolute atomic E-state index is 13.6. The number of pyridine rings is 1. The first-order valence-electron chi connectivity index (χ1n) is 10.5. The smallest absolute Gasteiger partial charge is 0.164 e. The normalized spacial score (nSPS) is 21.4. The third kappa shape index (κ3) is 3.90. The van der Waals surface area contributed by atoms with Gasteiger partial charge in [-0.15, -0.1) is 0 Å². The van der Waals surface area contributed by atoms with Crippen molar-refractivity contribution in [3.05, 3.63) is 78.3 Å². The molecule has 1 aliphatic heterocycles. The molecule has 3 nitrogen and oxygen atoms in total. The lowest BCUT2D eigenvalue weighted by atomic mass is 9.92. The van der Waals surface area contributed by atoms with Gasteiger partial charge in [-0.05, 0) is 50.5 Å². The second-order valence-corrected chi connectivity index (χ2v) is 8.52. The van der Waals surface area contributed by atoms with Crippen LogP contribution in [0, 0.1) is 12.4 Å². The van der Waals surface area contributed by atoms with Crippen molar-refractivity contribution in [1.29, 1.82) is 0 Å². The zero-order valence-corrected chi connectivity index (χ0v) is 17.3. The van der Waals surface area contributed by atoms with Gasteiger partial charge >= 0.3 is 0 Å². The van der Waals surface area contributed by atoms with Crippen molar-refractivity contribution in [2.75, 3.05) is 0 Å². The lowest BCUT2D eigenvalue weighted by Gasteiger charge is -2.34. The van der Waals surface area contributed by atoms with Crippen LogP contribution in [0.15, 0.2) is 54.6 Å². The van der Waals surface area contributed by atoms with Crippen LogP contribution in [0.25, 0.3) is 28.1 Å². The Labute approximate surface area is 176 Å². The summed E-state index contributed by atoms with van der Waals surface area (Å²) < 4.78 is 25.2. The molecule has 4 heteroatoms. The van der Waals surface area contributed by atoms with Gasteiger partial charge in [-0.3, -0.25) is 4.98 Å². The summed E-state index contributed by atoms with van der Waals surface area (Å²) in [4.78, 5) is 5.03. The van der Waals surface area contributed by atoms with E-state index in [1.165, 1.54) is 12.1 Å². The number of nitrogens with zero attached hydrogens (tertiary/aromatic N) is 1. The highest BCUT2D eigenvalue weighted by Crippen LogP contribution is 2.45. The molecular formula is C26H25FNO2. The Balaban J connectivity index is 1.67. The summed E-state index contributed by atoms with van der Waals surface area (Å²) in [7, 11) is 0. The fraction of sp³-hybridized carbons (Fsp3) is 0.308. The minimum Gasteiger partial charge on any atom is -0.344 e. The topological polar surface area (TPSA) is 31.4 Å². The van der Waals surface area contributed by atoms with Gasteiger partial charge in [0.15, 0.2) is 5.79 Å². The van der Waals surface area contributed by atoms with Crippen LogP contribution in [0.4, 0.5) is 4.39 Å². The predicted octanol–water partition coefficient (Wildman–Crippen LogP) is 6.63. The minimum atomic E-state index is -0.631. The number of rotatable bonds is 4. The molecule has 1 radical (unpaired) electrons. The van der Waals surface area contributed by atoms with Crippen LogP contribution < -0.4 is 0 Å². The first-order valence-corrected chi connectivity index (χ1v) is 10.5. The second kappa shape index (κ2) is 7.60. The lowest BCUT2D eigenvalue weighted by Crippen LogP contribution is -2.36. The Morgan fingerprint density at radius 1 is 1.07 bits per heavy atom. The van der Waals surface area contributed by atoms with Crippen LogP contribution in [-0.2, 0) is 9.47 Å². The fourth-order valence-electron chi connectivity index (χ4n) is 4.12. The van der Waals surface area contributed by atoms with Gasteiger partial charge in [-0.1, -0.05) is 42.5 Å². The zero-order chi connectivity index (χ0) is 20.7. The number of hydrogen-bond acceptors (Lipinski definition) is 3. The molecule has 1 aromatic heterocycles. The van der Waals surface area contributed by atoms with Gasteiger partial charge in [0.2, 0.25) is 0 Å². The first kappa shape index (κ1) is 19.4. The molecule has 1 aliphatic carbocycles. The second-order valence-electron chi connectivity index (χ2n) is 8.52. The Morgan fingerprint density at radius 3 is 2.57 bits per heavy atom. The van der Waals surface area contributed by atoms with E-state index in [1.54, 1.807) is 0 Å². The summed E-state index contributed by atoms with van der Waals surface area (Å²) in [6.07, 6.45) is 7.20. The van der Waals surface area contributed by atoms with Gasteiger partial charge in [0.25, 0.3) is 0 Å². The molecule has 30 heavy (non-hydrogen) atoms. The molecule has 2 aliphatic rings. The van der Waals surface area contributed by atoms with Crippen molar-refractivity contribution in [3.63, 3.8) is 0 Å². The Hall–Kier alpha value is -2.56. The summed E-state index contributed by atoms with van der Waals surface area (Å²) in [5, 5.41) is 1.08. The minimum absolute atomic E-state index is 0.0617. The van der Waals surface area contributed by atoms with E-state index in [2.05, 4.69) is 24.3 Å². The molecular weight excluding hydrogens is 377 g/mol. The molecule has 5 rings (SSSR count). The van der Waals surface area contributed by atoms with Gasteiger partial charge in [-0.25, -0.2) is 4.39 Å². The Bertz CT molecular complexity index is 1100. The van der Waals surface area contributed by atoms with Crippen LogP contribution in [-0.4, -0.2) is 16.9 Å². The molecule has 0 spiro atoms. The van der Waals surface area contributed by atoms with E-state index in [0.29, 0.717) is 12.3 Å². The maximum Gasteiger partial charge on any atom is 0.164 e. The van der Waals surface area contributed by atoms with Crippen molar-refractivity contribution >= 4 is 17.0 Å². The average Bonchev–Trinajstić information content (AvgIpc) is 3.57. The molecule has 2 aromatic carbocycles. The predicted molar refractivity (Wildman–Crippen MR) is 117 cm³/mol. The van der Waals surface area contributed by atoms with Crippen LogP contribution in [0.2, 0.25) is 0 Å². The molecule has 0 N–H and O–H groups in total. The highest BCUT2D eigenvalue weighted by atomic mass is 19.1. The largest absolute Gasteiger partial charge is 0.344 e. The van der Waals surface area contributed by atoms with Crippen LogP contribution >= 0.6 is 0 Å². The van der Waals surface area contributed by atoms with Crippen molar-refractivity contribution in [3.8, 4) is 11.1 Å². The summed E-state index contributed by atoms with van der Waals surface area (Å²) in [5.74, 6) is -0.384. The third-order valence-electron chi connectivity index (χ3n) is 5.66. The van der Waals surface area contributed by atoms with E-state index in [9.17, 15) is 4.39 Å². The van der Waals surface area contributed by atoms with E-state index in [4.69, 9.17) is 14.5 Å². The van der Waals surface area contributed by atoms with Crippen LogP contribution in [0.3, 0.4) is 0 Å². The molecule has 153 valence electrons. The van der Waals surface area contributed by atoms with E-state index < -0.39 is 5.79 Å². The van der Waals surface area contributed by atoms with Gasteiger partial charge in [0, 0.05) is 28.9 Å². The van der Waals surface area contributed by atoms with Crippen LogP contribution in [0.1, 0.15) is 50.3 Å². The van der Waals surface area contributed by atoms with Crippen molar-refractivity contribution in [2.24, 2.45) is 0 Å². The summed E-state index contributed by atoms with van der Waals surface area (Å²) in [6.45, 7) is 5.65. The van der Waals surface area contributed by atoms with Gasteiger partial charge in [-0.2, -0.15) is 0 Å². The number of para-hydroxylation sites is 1. The molecule has 2 heterocycles. The fourth-order valence-corrected chi connectivity index (χ4v) is 4.12. The average molecular weight is 402 g/mol. The molecule has 0 unspecified atom stereocenters. The first-order chi connectivity index (χ1) is 14.5. The molecule has 1 atom stereocenters. The molecule has 0 bridgehead atoms. The molecule has 1 saturated carbocycles. The van der Waals surface area contributed by atoms with Crippen molar-refractivity contribution in [2.45, 2.75) is 50.9 Å². The number of benzene rings is 2. The van der Waals surface area contributed by atoms with E-state index in [0.717, 1.165) is 46.1 Å². The lowest BCUT2D eigenvalue weighted by molar-refractivity contribution is -0.240. The highest BCUT2D eigenvalue weighted by Gasteiger charge is 2.31. The van der Waals surface area contributed by atoms with Gasteiger partial charge in [0.1, 0.15) is 5.82 Å². The van der Waals surface area contributed by atoms with Gasteiger partial charge < -0.3 is 9.47 Å². The standard InChI is InChI=1S/C26H25FNO2/c1-26(2)29-16-15-20(30-26)13-14-22-24(17-9-11-19(27)12-10-17)21-5-3-4-6-23(21)28-25(22)18-7-8-18/h3-6,9-14,16,18,20H,7-8,15H2,1-2H3/b14-13+/t20-/m1/s1. The maximum atomic E-state index is 13.6. The monoisotopic (exact) mass is 402 g/mol. The Kier molecular flexibility index (Phi) is 4.92. The number of hydrogen-bond donors (Lipinski definition) is 0. The molecule has 1 saturated heterocycles. The number of fused-ring (bicyclic) bond motifs is 1. The van der Waals surface area contributed by atoms with E-state index in [-0.39, 0.29) is 11.9 Å². The molecule has 2 fully saturated rings. The van der Waals surface area contributed by atoms with Crippen molar-refractivity contribution in [1.82, 2.24) is 4.98 Å². The number of ether oxygens (including phenoxy) is 2. The summed E-state index contributed by atoms with van der Waals surface area (Å²) >= 11 is 0. The molecule has 0 amide bonds.